The molecule has 0 aromatic heterocycles. The summed E-state index contributed by atoms with van der Waals surface area (Å²) in [5.41, 5.74) is 6.40. The van der Waals surface area contributed by atoms with Gasteiger partial charge in [-0.05, 0) is 26.0 Å². The number of benzene rings is 1. The van der Waals surface area contributed by atoms with Gasteiger partial charge in [-0.15, -0.1) is 0 Å². The highest BCUT2D eigenvalue weighted by Crippen LogP contribution is 2.19. The summed E-state index contributed by atoms with van der Waals surface area (Å²) in [7, 11) is 0. The molecule has 0 aliphatic heterocycles. The molecule has 0 radical (unpaired) electrons. The lowest BCUT2D eigenvalue weighted by Gasteiger charge is -2.08. The van der Waals surface area contributed by atoms with E-state index in [9.17, 15) is 9.59 Å². The Labute approximate surface area is 88.0 Å². The van der Waals surface area contributed by atoms with Crippen LogP contribution in [0.5, 0.6) is 5.75 Å². The van der Waals surface area contributed by atoms with E-state index in [1.807, 2.05) is 6.92 Å². The number of nitrogens with two attached hydrogens (primary N) is 1. The van der Waals surface area contributed by atoms with Gasteiger partial charge < -0.3 is 10.5 Å². The fraction of sp³-hybridized carbons (Fsp3) is 0.273. The van der Waals surface area contributed by atoms with E-state index in [4.69, 9.17) is 10.5 Å². The summed E-state index contributed by atoms with van der Waals surface area (Å²) in [6, 6.07) is 5.07. The topological polar surface area (TPSA) is 69.4 Å². The third kappa shape index (κ3) is 3.09. The Hall–Kier alpha value is -1.84. The van der Waals surface area contributed by atoms with Gasteiger partial charge in [0, 0.05) is 0 Å². The Morgan fingerprint density at radius 2 is 2.07 bits per heavy atom. The minimum Gasteiger partial charge on any atom is -0.485 e. The van der Waals surface area contributed by atoms with Crippen LogP contribution < -0.4 is 10.5 Å². The average Bonchev–Trinajstić information content (AvgIpc) is 2.15. The molecule has 4 nitrogen and oxygen atoms in total. The maximum atomic E-state index is 11.1. The zero-order valence-electron chi connectivity index (χ0n) is 8.74. The Bertz CT molecular complexity index is 399. The third-order valence-electron chi connectivity index (χ3n) is 1.83. The first-order chi connectivity index (χ1) is 7.00. The minimum absolute atomic E-state index is 0.0522. The van der Waals surface area contributed by atoms with Crippen molar-refractivity contribution in [3.63, 3.8) is 0 Å². The monoisotopic (exact) mass is 207 g/mol. The molecule has 0 aliphatic rings. The molecule has 80 valence electrons. The molecule has 0 atom stereocenters. The van der Waals surface area contributed by atoms with Crippen LogP contribution in [-0.2, 0) is 4.79 Å². The second-order valence-corrected chi connectivity index (χ2v) is 3.35. The second kappa shape index (κ2) is 4.59. The Morgan fingerprint density at radius 1 is 1.40 bits per heavy atom. The lowest BCUT2D eigenvalue weighted by atomic mass is 10.1. The van der Waals surface area contributed by atoms with Gasteiger partial charge in [-0.2, -0.15) is 0 Å². The minimum atomic E-state index is -0.558. The fourth-order valence-electron chi connectivity index (χ4n) is 1.14. The van der Waals surface area contributed by atoms with Crippen LogP contribution in [0.25, 0.3) is 0 Å². The van der Waals surface area contributed by atoms with Crippen LogP contribution in [0.4, 0.5) is 0 Å². The first-order valence-corrected chi connectivity index (χ1v) is 4.53. The lowest BCUT2D eigenvalue weighted by Crippen LogP contribution is -2.15. The molecule has 15 heavy (non-hydrogen) atoms. The van der Waals surface area contributed by atoms with Crippen molar-refractivity contribution in [1.82, 2.24) is 0 Å². The quantitative estimate of drug-likeness (QED) is 0.802. The van der Waals surface area contributed by atoms with Crippen molar-refractivity contribution in [2.75, 3.05) is 6.61 Å². The first-order valence-electron chi connectivity index (χ1n) is 4.53. The van der Waals surface area contributed by atoms with Crippen molar-refractivity contribution in [3.05, 3.63) is 29.3 Å². The van der Waals surface area contributed by atoms with Crippen molar-refractivity contribution in [3.8, 4) is 5.75 Å². The zero-order chi connectivity index (χ0) is 11.4. The Kier molecular flexibility index (Phi) is 3.44. The molecule has 2 N–H and O–H groups in total. The third-order valence-corrected chi connectivity index (χ3v) is 1.83. The summed E-state index contributed by atoms with van der Waals surface area (Å²) in [4.78, 5) is 21.8. The molecule has 0 unspecified atom stereocenters. The molecule has 0 aliphatic carbocycles. The second-order valence-electron chi connectivity index (χ2n) is 3.35. The lowest BCUT2D eigenvalue weighted by molar-refractivity contribution is -0.118. The molecule has 1 aromatic rings. The molecular formula is C11H13NO3. The van der Waals surface area contributed by atoms with E-state index >= 15 is 0 Å². The fourth-order valence-corrected chi connectivity index (χ4v) is 1.14. The Balaban J connectivity index is 2.95. The predicted octanol–water partition coefficient (Wildman–Crippen LogP) is 1.06. The average molecular weight is 207 g/mol. The molecule has 0 saturated heterocycles. The molecule has 4 heteroatoms. The summed E-state index contributed by atoms with van der Waals surface area (Å²) in [6.45, 7) is 3.21. The highest BCUT2D eigenvalue weighted by molar-refractivity contribution is 5.96. The largest absolute Gasteiger partial charge is 0.485 e. The summed E-state index contributed by atoms with van der Waals surface area (Å²) >= 11 is 0. The van der Waals surface area contributed by atoms with Gasteiger partial charge in [-0.1, -0.05) is 11.6 Å². The normalized spacial score (nSPS) is 9.73. The van der Waals surface area contributed by atoms with Gasteiger partial charge in [0.25, 0.3) is 5.91 Å². The number of aryl methyl sites for hydroxylation is 1. The van der Waals surface area contributed by atoms with Crippen LogP contribution in [-0.4, -0.2) is 18.3 Å². The number of Topliss-reactive ketones (excluding diaryl/α,β-unsaturated/α-hetero) is 1. The van der Waals surface area contributed by atoms with Gasteiger partial charge >= 0.3 is 0 Å². The van der Waals surface area contributed by atoms with Crippen LogP contribution in [0.15, 0.2) is 18.2 Å². The number of hydrogen-bond donors (Lipinski definition) is 1. The van der Waals surface area contributed by atoms with Crippen molar-refractivity contribution < 1.29 is 14.3 Å². The number of carbonyl (C=O) groups excluding carboxylic acids is 2. The van der Waals surface area contributed by atoms with Crippen molar-refractivity contribution in [2.24, 2.45) is 5.73 Å². The van der Waals surface area contributed by atoms with Crippen LogP contribution in [0, 0.1) is 6.92 Å². The highest BCUT2D eigenvalue weighted by Gasteiger charge is 2.09. The number of rotatable bonds is 4. The van der Waals surface area contributed by atoms with Gasteiger partial charge in [-0.3, -0.25) is 9.59 Å². The van der Waals surface area contributed by atoms with Gasteiger partial charge in [0.1, 0.15) is 12.4 Å². The van der Waals surface area contributed by atoms with Crippen LogP contribution in [0.1, 0.15) is 22.8 Å². The molecule has 0 heterocycles. The van der Waals surface area contributed by atoms with Gasteiger partial charge in [-0.25, -0.2) is 0 Å². The smallest absolute Gasteiger partial charge is 0.252 e. The van der Waals surface area contributed by atoms with E-state index in [0.717, 1.165) is 5.56 Å². The molecule has 1 rings (SSSR count). The van der Waals surface area contributed by atoms with Gasteiger partial charge in [0.15, 0.2) is 5.78 Å². The van der Waals surface area contributed by atoms with Crippen molar-refractivity contribution in [1.29, 1.82) is 0 Å². The molecular weight excluding hydrogens is 194 g/mol. The van der Waals surface area contributed by atoms with E-state index in [-0.39, 0.29) is 12.4 Å². The molecule has 1 amide bonds. The first kappa shape index (κ1) is 11.2. The van der Waals surface area contributed by atoms with Crippen molar-refractivity contribution in [2.45, 2.75) is 13.8 Å². The standard InChI is InChI=1S/C11H13NO3/c1-7-3-4-10(15-6-8(2)13)9(5-7)11(12)14/h3-5H,6H2,1-2H3,(H2,12,14). The van der Waals surface area contributed by atoms with E-state index < -0.39 is 5.91 Å². The number of primary amides is 1. The van der Waals surface area contributed by atoms with Crippen LogP contribution in [0.3, 0.4) is 0 Å². The van der Waals surface area contributed by atoms with Crippen molar-refractivity contribution >= 4 is 11.7 Å². The van der Waals surface area contributed by atoms with Gasteiger partial charge in [0.05, 0.1) is 5.56 Å². The Morgan fingerprint density at radius 3 is 2.60 bits per heavy atom. The zero-order valence-corrected chi connectivity index (χ0v) is 8.74. The van der Waals surface area contributed by atoms with Gasteiger partial charge in [0.2, 0.25) is 0 Å². The van der Waals surface area contributed by atoms with E-state index in [0.29, 0.717) is 11.3 Å². The number of carbonyl (C=O) groups is 2. The molecule has 0 spiro atoms. The predicted molar refractivity (Wildman–Crippen MR) is 55.9 cm³/mol. The summed E-state index contributed by atoms with van der Waals surface area (Å²) < 4.78 is 5.16. The number of hydrogen-bond acceptors (Lipinski definition) is 3. The van der Waals surface area contributed by atoms with Crippen LogP contribution >= 0.6 is 0 Å². The molecule has 0 bridgehead atoms. The number of ketones is 1. The molecule has 1 aromatic carbocycles. The summed E-state index contributed by atoms with van der Waals surface area (Å²) in [6.07, 6.45) is 0. The summed E-state index contributed by atoms with van der Waals surface area (Å²) in [5, 5.41) is 0. The summed E-state index contributed by atoms with van der Waals surface area (Å²) in [5.74, 6) is -0.313. The van der Waals surface area contributed by atoms with E-state index in [1.54, 1.807) is 18.2 Å². The highest BCUT2D eigenvalue weighted by atomic mass is 16.5. The maximum Gasteiger partial charge on any atom is 0.252 e. The molecule has 0 fully saturated rings. The SMILES string of the molecule is CC(=O)COc1ccc(C)cc1C(N)=O. The maximum absolute atomic E-state index is 11.1. The number of ether oxygens (including phenoxy) is 1. The van der Waals surface area contributed by atoms with E-state index in [1.165, 1.54) is 6.92 Å². The van der Waals surface area contributed by atoms with Crippen LogP contribution in [0.2, 0.25) is 0 Å². The van der Waals surface area contributed by atoms with E-state index in [2.05, 4.69) is 0 Å². The number of amides is 1. The molecule has 0 saturated carbocycles.